The Morgan fingerprint density at radius 2 is 1.33 bits per heavy atom. The minimum absolute atomic E-state index is 0.0831. The average Bonchev–Trinajstić information content (AvgIpc) is 2.26. The maximum atomic E-state index is 12.1. The van der Waals surface area contributed by atoms with E-state index in [9.17, 15) is 16.8 Å². The van der Waals surface area contributed by atoms with Crippen molar-refractivity contribution < 1.29 is 16.8 Å². The van der Waals surface area contributed by atoms with E-state index in [4.69, 9.17) is 5.73 Å². The van der Waals surface area contributed by atoms with Crippen molar-refractivity contribution in [2.24, 2.45) is 5.73 Å². The summed E-state index contributed by atoms with van der Waals surface area (Å²) in [5, 5.41) is -0.721. The Labute approximate surface area is 108 Å². The van der Waals surface area contributed by atoms with Crippen molar-refractivity contribution in [1.82, 2.24) is 0 Å². The van der Waals surface area contributed by atoms with Crippen LogP contribution in [0.3, 0.4) is 0 Å². The summed E-state index contributed by atoms with van der Waals surface area (Å²) in [6, 6.07) is 4.67. The number of sulfone groups is 2. The van der Waals surface area contributed by atoms with Gasteiger partial charge in [-0.1, -0.05) is 0 Å². The van der Waals surface area contributed by atoms with Crippen molar-refractivity contribution in [2.45, 2.75) is 34.9 Å². The molecule has 0 spiro atoms. The average molecular weight is 291 g/mol. The van der Waals surface area contributed by atoms with Gasteiger partial charge in [-0.25, -0.2) is 16.8 Å². The van der Waals surface area contributed by atoms with Crippen LogP contribution in [0.15, 0.2) is 34.1 Å². The molecule has 2 unspecified atom stereocenters. The largest absolute Gasteiger partial charge is 0.327 e. The fourth-order valence-electron chi connectivity index (χ4n) is 1.37. The van der Waals surface area contributed by atoms with Crippen LogP contribution in [-0.2, 0) is 19.7 Å². The van der Waals surface area contributed by atoms with Crippen molar-refractivity contribution >= 4 is 19.7 Å². The van der Waals surface area contributed by atoms with Crippen LogP contribution in [0.4, 0.5) is 0 Å². The third kappa shape index (κ3) is 3.09. The van der Waals surface area contributed by atoms with Gasteiger partial charge in [-0.2, -0.15) is 0 Å². The van der Waals surface area contributed by atoms with E-state index < -0.39 is 31.0 Å². The monoisotopic (exact) mass is 291 g/mol. The first-order valence-corrected chi connectivity index (χ1v) is 8.80. The Hall–Kier alpha value is -0.920. The summed E-state index contributed by atoms with van der Waals surface area (Å²) in [4.78, 5) is 0.176. The van der Waals surface area contributed by atoms with Gasteiger partial charge < -0.3 is 5.73 Å². The molecule has 0 aliphatic rings. The lowest BCUT2D eigenvalue weighted by atomic mass is 10.3. The van der Waals surface area contributed by atoms with Gasteiger partial charge in [0.25, 0.3) is 0 Å². The lowest BCUT2D eigenvalue weighted by Gasteiger charge is -2.16. The highest BCUT2D eigenvalue weighted by Gasteiger charge is 2.26. The van der Waals surface area contributed by atoms with Crippen LogP contribution >= 0.6 is 0 Å². The van der Waals surface area contributed by atoms with Crippen molar-refractivity contribution in [3.8, 4) is 0 Å². The lowest BCUT2D eigenvalue weighted by molar-refractivity contribution is 0.568. The fraction of sp³-hybridized carbons (Fsp3) is 0.455. The minimum atomic E-state index is -3.52. The molecular weight excluding hydrogens is 274 g/mol. The van der Waals surface area contributed by atoms with Crippen LogP contribution in [0.25, 0.3) is 0 Å². The van der Waals surface area contributed by atoms with E-state index in [0.29, 0.717) is 0 Å². The maximum absolute atomic E-state index is 12.1. The molecule has 0 saturated carbocycles. The molecule has 0 fully saturated rings. The standard InChI is InChI=1S/C11H17NO4S2/c1-8(12)9(2)18(15,16)11-6-4-10(5-7-11)17(3,13)14/h4-9H,12H2,1-3H3. The van der Waals surface area contributed by atoms with Gasteiger partial charge >= 0.3 is 0 Å². The zero-order valence-electron chi connectivity index (χ0n) is 10.5. The molecule has 5 nitrogen and oxygen atoms in total. The third-order valence-corrected chi connectivity index (χ3v) is 6.28. The van der Waals surface area contributed by atoms with Gasteiger partial charge in [0.2, 0.25) is 0 Å². The molecule has 1 rings (SSSR count). The highest BCUT2D eigenvalue weighted by molar-refractivity contribution is 7.92. The zero-order valence-corrected chi connectivity index (χ0v) is 12.1. The molecule has 1 aromatic carbocycles. The molecule has 2 N–H and O–H groups in total. The predicted octanol–water partition coefficient (Wildman–Crippen LogP) is 0.599. The van der Waals surface area contributed by atoms with E-state index in [-0.39, 0.29) is 9.79 Å². The predicted molar refractivity (Wildman–Crippen MR) is 69.8 cm³/mol. The quantitative estimate of drug-likeness (QED) is 0.876. The normalized spacial score (nSPS) is 16.2. The van der Waals surface area contributed by atoms with Crippen molar-refractivity contribution in [3.05, 3.63) is 24.3 Å². The molecule has 18 heavy (non-hydrogen) atoms. The van der Waals surface area contributed by atoms with Gasteiger partial charge in [-0.15, -0.1) is 0 Å². The van der Waals surface area contributed by atoms with Crippen LogP contribution < -0.4 is 5.73 Å². The fourth-order valence-corrected chi connectivity index (χ4v) is 3.51. The van der Waals surface area contributed by atoms with E-state index in [0.717, 1.165) is 6.26 Å². The van der Waals surface area contributed by atoms with Crippen molar-refractivity contribution in [2.75, 3.05) is 6.26 Å². The van der Waals surface area contributed by atoms with Crippen molar-refractivity contribution in [1.29, 1.82) is 0 Å². The van der Waals surface area contributed by atoms with E-state index in [1.165, 1.54) is 31.2 Å². The maximum Gasteiger partial charge on any atom is 0.182 e. The Balaban J connectivity index is 3.22. The summed E-state index contributed by atoms with van der Waals surface area (Å²) < 4.78 is 46.7. The van der Waals surface area contributed by atoms with Crippen molar-refractivity contribution in [3.63, 3.8) is 0 Å². The van der Waals surface area contributed by atoms with Gasteiger partial charge in [-0.05, 0) is 38.1 Å². The molecule has 0 saturated heterocycles. The Bertz CT molecular complexity index is 616. The summed E-state index contributed by atoms with van der Waals surface area (Å²) in [5.41, 5.74) is 5.58. The molecule has 0 aliphatic heterocycles. The summed E-state index contributed by atoms with van der Waals surface area (Å²) >= 11 is 0. The molecule has 0 aromatic heterocycles. The van der Waals surface area contributed by atoms with Crippen LogP contribution in [0.5, 0.6) is 0 Å². The Morgan fingerprint density at radius 3 is 1.67 bits per heavy atom. The number of nitrogens with two attached hydrogens (primary N) is 1. The molecule has 0 heterocycles. The first-order chi connectivity index (χ1) is 8.06. The number of hydrogen-bond donors (Lipinski definition) is 1. The van der Waals surface area contributed by atoms with E-state index in [1.807, 2.05) is 0 Å². The zero-order chi connectivity index (χ0) is 14.1. The smallest absolute Gasteiger partial charge is 0.182 e. The summed E-state index contributed by atoms with van der Waals surface area (Å²) in [6.45, 7) is 3.15. The third-order valence-electron chi connectivity index (χ3n) is 2.81. The Kier molecular flexibility index (Phi) is 4.19. The topological polar surface area (TPSA) is 94.3 Å². The summed E-state index contributed by atoms with van der Waals surface area (Å²) in [5.74, 6) is 0. The van der Waals surface area contributed by atoms with E-state index >= 15 is 0 Å². The molecule has 0 bridgehead atoms. The molecule has 7 heteroatoms. The van der Waals surface area contributed by atoms with Crippen LogP contribution in [0, 0.1) is 0 Å². The first-order valence-electron chi connectivity index (χ1n) is 5.36. The molecule has 0 amide bonds. The second-order valence-electron chi connectivity index (χ2n) is 4.35. The molecule has 0 aliphatic carbocycles. The van der Waals surface area contributed by atoms with Gasteiger partial charge in [0.1, 0.15) is 0 Å². The van der Waals surface area contributed by atoms with E-state index in [2.05, 4.69) is 0 Å². The van der Waals surface area contributed by atoms with Gasteiger partial charge in [0, 0.05) is 12.3 Å². The van der Waals surface area contributed by atoms with Gasteiger partial charge in [0.05, 0.1) is 15.0 Å². The first kappa shape index (κ1) is 15.1. The lowest BCUT2D eigenvalue weighted by Crippen LogP contribution is -2.35. The second kappa shape index (κ2) is 4.99. The highest BCUT2D eigenvalue weighted by atomic mass is 32.2. The number of hydrogen-bond acceptors (Lipinski definition) is 5. The van der Waals surface area contributed by atoms with Crippen LogP contribution in [-0.4, -0.2) is 34.4 Å². The molecule has 0 radical (unpaired) electrons. The minimum Gasteiger partial charge on any atom is -0.327 e. The molecular formula is C11H17NO4S2. The molecule has 1 aromatic rings. The summed E-state index contributed by atoms with van der Waals surface area (Å²) in [6.07, 6.45) is 1.07. The molecule has 2 atom stereocenters. The van der Waals surface area contributed by atoms with Gasteiger partial charge in [0.15, 0.2) is 19.7 Å². The number of rotatable bonds is 4. The highest BCUT2D eigenvalue weighted by Crippen LogP contribution is 2.19. The SMILES string of the molecule is CC(N)C(C)S(=O)(=O)c1ccc(S(C)(=O)=O)cc1. The van der Waals surface area contributed by atoms with Crippen LogP contribution in [0.2, 0.25) is 0 Å². The Morgan fingerprint density at radius 1 is 0.944 bits per heavy atom. The summed E-state index contributed by atoms with van der Waals surface area (Å²) in [7, 11) is -6.84. The van der Waals surface area contributed by atoms with Gasteiger partial charge in [-0.3, -0.25) is 0 Å². The molecule has 102 valence electrons. The van der Waals surface area contributed by atoms with Crippen LogP contribution in [0.1, 0.15) is 13.8 Å². The number of benzene rings is 1. The second-order valence-corrected chi connectivity index (χ2v) is 8.67. The van der Waals surface area contributed by atoms with E-state index in [1.54, 1.807) is 6.92 Å².